The lowest BCUT2D eigenvalue weighted by Gasteiger charge is -2.13. The Labute approximate surface area is 154 Å². The summed E-state index contributed by atoms with van der Waals surface area (Å²) in [6.45, 7) is 3.33. The van der Waals surface area contributed by atoms with Crippen molar-refractivity contribution in [1.82, 2.24) is 0 Å². The molecule has 3 rings (SSSR count). The van der Waals surface area contributed by atoms with Crippen molar-refractivity contribution >= 4 is 17.3 Å². The fraction of sp³-hybridized carbons (Fsp3) is 0.182. The number of benzene rings is 3. The number of aryl methyl sites for hydroxylation is 1. The predicted molar refractivity (Wildman–Crippen MR) is 105 cm³/mol. The van der Waals surface area contributed by atoms with Crippen molar-refractivity contribution in [3.8, 4) is 5.75 Å². The average Bonchev–Trinajstić information content (AvgIpc) is 2.67. The zero-order valence-corrected chi connectivity index (χ0v) is 15.1. The van der Waals surface area contributed by atoms with E-state index < -0.39 is 0 Å². The molecule has 3 aromatic rings. The molecule has 0 atom stereocenters. The van der Waals surface area contributed by atoms with E-state index in [1.54, 1.807) is 0 Å². The highest BCUT2D eigenvalue weighted by Gasteiger charge is 2.05. The Morgan fingerprint density at radius 1 is 0.840 bits per heavy atom. The van der Waals surface area contributed by atoms with E-state index in [1.807, 2.05) is 42.5 Å². The van der Waals surface area contributed by atoms with E-state index in [-0.39, 0.29) is 0 Å². The number of halogens is 1. The zero-order chi connectivity index (χ0) is 17.5. The second-order valence-electron chi connectivity index (χ2n) is 5.89. The zero-order valence-electron chi connectivity index (χ0n) is 14.3. The lowest BCUT2D eigenvalue weighted by atomic mass is 10.1. The number of para-hydroxylation sites is 1. The van der Waals surface area contributed by atoms with E-state index in [0.29, 0.717) is 13.2 Å². The summed E-state index contributed by atoms with van der Waals surface area (Å²) in [6, 6.07) is 24.4. The summed E-state index contributed by atoms with van der Waals surface area (Å²) in [5.74, 6) is 0.875. The first-order valence-electron chi connectivity index (χ1n) is 8.53. The molecule has 0 saturated heterocycles. The monoisotopic (exact) mass is 351 g/mol. The molecule has 0 bridgehead atoms. The number of hydrogen-bond donors (Lipinski definition) is 1. The molecule has 0 radical (unpaired) electrons. The molecule has 2 nitrogen and oxygen atoms in total. The van der Waals surface area contributed by atoms with Gasteiger partial charge in [0, 0.05) is 28.4 Å². The largest absolute Gasteiger partial charge is 0.488 e. The van der Waals surface area contributed by atoms with Gasteiger partial charge in [0.1, 0.15) is 12.4 Å². The van der Waals surface area contributed by atoms with Crippen molar-refractivity contribution in [1.29, 1.82) is 0 Å². The van der Waals surface area contributed by atoms with Crippen molar-refractivity contribution in [2.45, 2.75) is 26.5 Å². The van der Waals surface area contributed by atoms with E-state index in [9.17, 15) is 0 Å². The highest BCUT2D eigenvalue weighted by molar-refractivity contribution is 6.31. The average molecular weight is 352 g/mol. The van der Waals surface area contributed by atoms with Crippen LogP contribution < -0.4 is 10.1 Å². The minimum atomic E-state index is 0.460. The minimum Gasteiger partial charge on any atom is -0.488 e. The molecular formula is C22H22ClNO. The molecule has 0 aromatic heterocycles. The number of ether oxygens (including phenoxy) is 1. The summed E-state index contributed by atoms with van der Waals surface area (Å²) >= 11 is 6.20. The van der Waals surface area contributed by atoms with Crippen LogP contribution in [0.5, 0.6) is 5.75 Å². The van der Waals surface area contributed by atoms with E-state index in [0.717, 1.165) is 34.0 Å². The fourth-order valence-corrected chi connectivity index (χ4v) is 2.81. The standard InChI is InChI=1S/C22H22ClNO/c1-2-17-11-13-20(14-12-17)24-15-18-7-4-6-10-22(18)25-16-19-8-3-5-9-21(19)23/h3-14,24H,2,15-16H2,1H3. The van der Waals surface area contributed by atoms with E-state index >= 15 is 0 Å². The third-order valence-corrected chi connectivity index (χ3v) is 4.53. The number of anilines is 1. The van der Waals surface area contributed by atoms with Crippen LogP contribution >= 0.6 is 11.6 Å². The molecule has 0 aliphatic heterocycles. The van der Waals surface area contributed by atoms with Crippen molar-refractivity contribution in [3.63, 3.8) is 0 Å². The Balaban J connectivity index is 1.65. The third kappa shape index (κ3) is 4.77. The van der Waals surface area contributed by atoms with Crippen molar-refractivity contribution in [3.05, 3.63) is 94.5 Å². The van der Waals surface area contributed by atoms with Crippen molar-refractivity contribution in [2.24, 2.45) is 0 Å². The molecule has 0 heterocycles. The summed E-state index contributed by atoms with van der Waals surface area (Å²) in [7, 11) is 0. The van der Waals surface area contributed by atoms with Gasteiger partial charge in [0.25, 0.3) is 0 Å². The van der Waals surface area contributed by atoms with Crippen LogP contribution in [0.4, 0.5) is 5.69 Å². The molecule has 0 aliphatic rings. The van der Waals surface area contributed by atoms with Crippen LogP contribution in [-0.4, -0.2) is 0 Å². The summed E-state index contributed by atoms with van der Waals surface area (Å²) in [5, 5.41) is 4.19. The Bertz CT molecular complexity index is 814. The van der Waals surface area contributed by atoms with Crippen LogP contribution in [0.15, 0.2) is 72.8 Å². The van der Waals surface area contributed by atoms with Crippen LogP contribution in [0.3, 0.4) is 0 Å². The van der Waals surface area contributed by atoms with Gasteiger partial charge in [-0.3, -0.25) is 0 Å². The molecule has 128 valence electrons. The highest BCUT2D eigenvalue weighted by Crippen LogP contribution is 2.23. The molecule has 1 N–H and O–H groups in total. The SMILES string of the molecule is CCc1ccc(NCc2ccccc2OCc2ccccc2Cl)cc1. The molecule has 0 saturated carbocycles. The maximum Gasteiger partial charge on any atom is 0.124 e. The summed E-state index contributed by atoms with van der Waals surface area (Å²) in [6.07, 6.45) is 1.05. The van der Waals surface area contributed by atoms with Crippen LogP contribution in [0.1, 0.15) is 23.6 Å². The van der Waals surface area contributed by atoms with Crippen molar-refractivity contribution < 1.29 is 4.74 Å². The van der Waals surface area contributed by atoms with Crippen molar-refractivity contribution in [2.75, 3.05) is 5.32 Å². The Morgan fingerprint density at radius 3 is 2.24 bits per heavy atom. The van der Waals surface area contributed by atoms with Gasteiger partial charge in [-0.05, 0) is 36.2 Å². The second-order valence-corrected chi connectivity index (χ2v) is 6.30. The first-order chi connectivity index (χ1) is 12.3. The Hall–Kier alpha value is -2.45. The second kappa shape index (κ2) is 8.59. The van der Waals surface area contributed by atoms with Gasteiger partial charge in [0.05, 0.1) is 0 Å². The summed E-state index contributed by atoms with van der Waals surface area (Å²) < 4.78 is 6.00. The third-order valence-electron chi connectivity index (χ3n) is 4.16. The van der Waals surface area contributed by atoms with Gasteiger partial charge in [-0.2, -0.15) is 0 Å². The topological polar surface area (TPSA) is 21.3 Å². The molecule has 0 amide bonds. The van der Waals surface area contributed by atoms with Crippen LogP contribution in [-0.2, 0) is 19.6 Å². The Kier molecular flexibility index (Phi) is 5.97. The van der Waals surface area contributed by atoms with Gasteiger partial charge in [0.2, 0.25) is 0 Å². The van der Waals surface area contributed by atoms with E-state index in [1.165, 1.54) is 5.56 Å². The minimum absolute atomic E-state index is 0.460. The number of rotatable bonds is 7. The molecule has 3 heteroatoms. The highest BCUT2D eigenvalue weighted by atomic mass is 35.5. The first-order valence-corrected chi connectivity index (χ1v) is 8.91. The van der Waals surface area contributed by atoms with E-state index in [2.05, 4.69) is 42.6 Å². The summed E-state index contributed by atoms with van der Waals surface area (Å²) in [4.78, 5) is 0. The molecule has 0 spiro atoms. The van der Waals surface area contributed by atoms with Gasteiger partial charge in [-0.15, -0.1) is 0 Å². The van der Waals surface area contributed by atoms with E-state index in [4.69, 9.17) is 16.3 Å². The van der Waals surface area contributed by atoms with Gasteiger partial charge >= 0.3 is 0 Å². The molecule has 3 aromatic carbocycles. The van der Waals surface area contributed by atoms with Gasteiger partial charge in [-0.25, -0.2) is 0 Å². The smallest absolute Gasteiger partial charge is 0.124 e. The maximum absolute atomic E-state index is 6.20. The molecule has 0 unspecified atom stereocenters. The number of hydrogen-bond acceptors (Lipinski definition) is 2. The molecule has 0 fully saturated rings. The van der Waals surface area contributed by atoms with Crippen LogP contribution in [0.25, 0.3) is 0 Å². The lowest BCUT2D eigenvalue weighted by Crippen LogP contribution is -2.04. The van der Waals surface area contributed by atoms with Crippen LogP contribution in [0.2, 0.25) is 5.02 Å². The molecule has 25 heavy (non-hydrogen) atoms. The van der Waals surface area contributed by atoms with Gasteiger partial charge < -0.3 is 10.1 Å². The quantitative estimate of drug-likeness (QED) is 0.555. The Morgan fingerprint density at radius 2 is 1.52 bits per heavy atom. The lowest BCUT2D eigenvalue weighted by molar-refractivity contribution is 0.303. The van der Waals surface area contributed by atoms with Crippen LogP contribution in [0, 0.1) is 0 Å². The predicted octanol–water partition coefficient (Wildman–Crippen LogP) is 6.09. The molecular weight excluding hydrogens is 330 g/mol. The van der Waals surface area contributed by atoms with Gasteiger partial charge in [0.15, 0.2) is 0 Å². The van der Waals surface area contributed by atoms with Gasteiger partial charge in [-0.1, -0.05) is 67.1 Å². The number of nitrogens with one attached hydrogen (secondary N) is 1. The fourth-order valence-electron chi connectivity index (χ4n) is 2.62. The summed E-state index contributed by atoms with van der Waals surface area (Å²) in [5.41, 5.74) is 4.56. The first kappa shape index (κ1) is 17.4. The molecule has 0 aliphatic carbocycles. The maximum atomic E-state index is 6.20. The normalized spacial score (nSPS) is 10.5.